The minimum absolute atomic E-state index is 0.0630. The van der Waals surface area contributed by atoms with E-state index in [1.54, 1.807) is 6.92 Å². The number of sulfonamides is 1. The Hall–Kier alpha value is -1.95. The highest BCUT2D eigenvalue weighted by Gasteiger charge is 2.36. The molecule has 170 valence electrons. The van der Waals surface area contributed by atoms with E-state index in [0.29, 0.717) is 6.47 Å². The number of nitrogens with zero attached hydrogens (tertiary/aromatic N) is 2. The van der Waals surface area contributed by atoms with Crippen molar-refractivity contribution in [2.24, 2.45) is 0 Å². The third-order valence-electron chi connectivity index (χ3n) is 5.12. The van der Waals surface area contributed by atoms with Crippen molar-refractivity contribution in [1.82, 2.24) is 9.88 Å². The van der Waals surface area contributed by atoms with Gasteiger partial charge in [-0.3, -0.25) is 9.52 Å². The molecule has 0 spiro atoms. The lowest BCUT2D eigenvalue weighted by atomic mass is 9.86. The monoisotopic (exact) mass is 490 g/mol. The fourth-order valence-corrected chi connectivity index (χ4v) is 6.10. The zero-order chi connectivity index (χ0) is 22.8. The van der Waals surface area contributed by atoms with Crippen molar-refractivity contribution in [2.75, 3.05) is 24.1 Å². The number of ether oxygens (including phenoxy) is 1. The number of carbonyl (C=O) groups excluding carboxylic acids is 1. The lowest BCUT2D eigenvalue weighted by Crippen LogP contribution is -2.54. The Labute approximate surface area is 189 Å². The van der Waals surface area contributed by atoms with Crippen molar-refractivity contribution in [3.8, 4) is 0 Å². The summed E-state index contributed by atoms with van der Waals surface area (Å²) < 4.78 is 47.6. The van der Waals surface area contributed by atoms with Gasteiger partial charge in [0.1, 0.15) is 16.8 Å². The predicted octanol–water partition coefficient (Wildman–Crippen LogP) is 3.48. The number of halogens is 2. The number of aromatic nitrogens is 1. The molecule has 1 saturated carbocycles. The average Bonchev–Trinajstić information content (AvgIpc) is 3.08. The Balaban J connectivity index is 1.85. The van der Waals surface area contributed by atoms with Gasteiger partial charge in [0.2, 0.25) is 0 Å². The SMILES string of the molecule is Cc1cnc(NS(=O)(=O)c2cc(Cl)c(N[C@H]3CCCC(OC=O)[C@@H]3N(C)C)cc2F)s1. The largest absolute Gasteiger partial charge is 0.463 e. The molecule has 1 aromatic carbocycles. The fourth-order valence-electron chi connectivity index (χ4n) is 3.83. The average molecular weight is 491 g/mol. The van der Waals surface area contributed by atoms with E-state index in [4.69, 9.17) is 16.3 Å². The van der Waals surface area contributed by atoms with Gasteiger partial charge in [0, 0.05) is 17.1 Å². The van der Waals surface area contributed by atoms with Gasteiger partial charge in [-0.1, -0.05) is 11.6 Å². The molecule has 1 heterocycles. The molecule has 1 aromatic heterocycles. The molecule has 3 atom stereocenters. The summed E-state index contributed by atoms with van der Waals surface area (Å²) in [4.78, 5) is 17.0. The Morgan fingerprint density at radius 3 is 2.71 bits per heavy atom. The third kappa shape index (κ3) is 5.46. The van der Waals surface area contributed by atoms with Crippen LogP contribution in [0.25, 0.3) is 0 Å². The van der Waals surface area contributed by atoms with Gasteiger partial charge in [-0.2, -0.15) is 0 Å². The predicted molar refractivity (Wildman–Crippen MR) is 119 cm³/mol. The van der Waals surface area contributed by atoms with Crippen molar-refractivity contribution in [2.45, 2.75) is 49.3 Å². The van der Waals surface area contributed by atoms with E-state index < -0.39 is 20.7 Å². The number of nitrogens with one attached hydrogen (secondary N) is 2. The van der Waals surface area contributed by atoms with Crippen LogP contribution in [0, 0.1) is 12.7 Å². The van der Waals surface area contributed by atoms with Crippen molar-refractivity contribution in [3.63, 3.8) is 0 Å². The number of hydrogen-bond donors (Lipinski definition) is 2. The molecule has 31 heavy (non-hydrogen) atoms. The van der Waals surface area contributed by atoms with E-state index in [1.807, 2.05) is 19.0 Å². The Morgan fingerprint density at radius 1 is 1.35 bits per heavy atom. The van der Waals surface area contributed by atoms with Gasteiger partial charge in [0.05, 0.1) is 16.8 Å². The third-order valence-corrected chi connectivity index (χ3v) is 7.74. The number of hydrogen-bond acceptors (Lipinski definition) is 8. The molecule has 1 aliphatic carbocycles. The number of likely N-dealkylation sites (N-methyl/N-ethyl adjacent to an activating group) is 1. The Kier molecular flexibility index (Phi) is 7.40. The molecule has 0 saturated heterocycles. The highest BCUT2D eigenvalue weighted by Crippen LogP contribution is 2.33. The summed E-state index contributed by atoms with van der Waals surface area (Å²) in [6.45, 7) is 2.22. The molecule has 1 aliphatic rings. The highest BCUT2D eigenvalue weighted by molar-refractivity contribution is 7.93. The number of thiazole rings is 1. The maximum absolute atomic E-state index is 14.8. The zero-order valence-electron chi connectivity index (χ0n) is 17.3. The van der Waals surface area contributed by atoms with Crippen molar-refractivity contribution in [3.05, 3.63) is 34.0 Å². The number of anilines is 2. The molecule has 2 N–H and O–H groups in total. The molecule has 0 radical (unpaired) electrons. The summed E-state index contributed by atoms with van der Waals surface area (Å²) >= 11 is 7.47. The van der Waals surface area contributed by atoms with Crippen LogP contribution in [0.1, 0.15) is 24.1 Å². The van der Waals surface area contributed by atoms with Crippen LogP contribution in [0.15, 0.2) is 23.2 Å². The standard InChI is InChI=1S/C19H24ClFN4O4S2/c1-11-9-22-19(30-11)24-31(27,28)17-7-12(20)15(8-13(17)21)23-14-5-4-6-16(29-10-26)18(14)25(2)3/h7-10,14,16,18,23H,4-6H2,1-3H3,(H,22,24)/t14-,16?,18+/m0/s1. The second-order valence-electron chi connectivity index (χ2n) is 7.55. The lowest BCUT2D eigenvalue weighted by Gasteiger charge is -2.41. The van der Waals surface area contributed by atoms with Gasteiger partial charge in [0.15, 0.2) is 5.13 Å². The summed E-state index contributed by atoms with van der Waals surface area (Å²) in [7, 11) is -0.458. The van der Waals surface area contributed by atoms with Gasteiger partial charge in [-0.25, -0.2) is 17.8 Å². The summed E-state index contributed by atoms with van der Waals surface area (Å²) in [5, 5.41) is 3.42. The zero-order valence-corrected chi connectivity index (χ0v) is 19.7. The van der Waals surface area contributed by atoms with Gasteiger partial charge >= 0.3 is 0 Å². The van der Waals surface area contributed by atoms with Crippen molar-refractivity contribution < 1.29 is 22.3 Å². The molecule has 0 aliphatic heterocycles. The molecule has 2 aromatic rings. The van der Waals surface area contributed by atoms with Gasteiger partial charge < -0.3 is 15.0 Å². The maximum Gasteiger partial charge on any atom is 0.293 e. The van der Waals surface area contributed by atoms with Crippen LogP contribution in [0.3, 0.4) is 0 Å². The van der Waals surface area contributed by atoms with Crippen LogP contribution in [-0.4, -0.2) is 57.1 Å². The van der Waals surface area contributed by atoms with Crippen LogP contribution in [-0.2, 0) is 19.6 Å². The van der Waals surface area contributed by atoms with Crippen LogP contribution >= 0.6 is 22.9 Å². The summed E-state index contributed by atoms with van der Waals surface area (Å²) in [5.41, 5.74) is 0.270. The normalized spacial score (nSPS) is 21.7. The summed E-state index contributed by atoms with van der Waals surface area (Å²) in [5.74, 6) is -0.939. The van der Waals surface area contributed by atoms with Crippen molar-refractivity contribution in [1.29, 1.82) is 0 Å². The first-order valence-electron chi connectivity index (χ1n) is 9.58. The molecule has 12 heteroatoms. The van der Waals surface area contributed by atoms with Gasteiger partial charge in [-0.15, -0.1) is 11.3 Å². The lowest BCUT2D eigenvalue weighted by molar-refractivity contribution is -0.138. The molecule has 0 bridgehead atoms. The molecule has 8 nitrogen and oxygen atoms in total. The van der Waals surface area contributed by atoms with Crippen molar-refractivity contribution >= 4 is 50.3 Å². The Bertz CT molecular complexity index is 1050. The number of carbonyl (C=O) groups is 1. The first-order chi connectivity index (χ1) is 14.6. The fraction of sp³-hybridized carbons (Fsp3) is 0.474. The molecule has 0 amide bonds. The van der Waals surface area contributed by atoms with Gasteiger partial charge in [0.25, 0.3) is 16.5 Å². The van der Waals surface area contributed by atoms with E-state index in [0.717, 1.165) is 47.6 Å². The molecular weight excluding hydrogens is 467 g/mol. The van der Waals surface area contributed by atoms with Gasteiger partial charge in [-0.05, 0) is 52.4 Å². The number of rotatable bonds is 8. The number of benzene rings is 1. The maximum atomic E-state index is 14.8. The smallest absolute Gasteiger partial charge is 0.293 e. The van der Waals surface area contributed by atoms with Crippen LogP contribution < -0.4 is 10.0 Å². The number of aryl methyl sites for hydroxylation is 1. The summed E-state index contributed by atoms with van der Waals surface area (Å²) in [6, 6.07) is 1.82. The second kappa shape index (κ2) is 9.68. The molecule has 1 fully saturated rings. The Morgan fingerprint density at radius 2 is 2.10 bits per heavy atom. The molecule has 3 rings (SSSR count). The van der Waals surface area contributed by atoms with Crippen LogP contribution in [0.5, 0.6) is 0 Å². The minimum atomic E-state index is -4.20. The first kappa shape index (κ1) is 23.7. The quantitative estimate of drug-likeness (QED) is 0.546. The minimum Gasteiger partial charge on any atom is -0.463 e. The van der Waals surface area contributed by atoms with Crippen LogP contribution in [0.2, 0.25) is 5.02 Å². The second-order valence-corrected chi connectivity index (χ2v) is 10.8. The first-order valence-corrected chi connectivity index (χ1v) is 12.3. The van der Waals surface area contributed by atoms with E-state index in [-0.39, 0.29) is 34.0 Å². The molecular formula is C19H24ClFN4O4S2. The molecule has 1 unspecified atom stereocenters. The van der Waals surface area contributed by atoms with E-state index in [2.05, 4.69) is 15.0 Å². The topological polar surface area (TPSA) is 101 Å². The van der Waals surface area contributed by atoms with E-state index in [1.165, 1.54) is 6.20 Å². The van der Waals surface area contributed by atoms with E-state index in [9.17, 15) is 17.6 Å². The van der Waals surface area contributed by atoms with Crippen LogP contribution in [0.4, 0.5) is 15.2 Å². The van der Waals surface area contributed by atoms with E-state index >= 15 is 0 Å². The highest BCUT2D eigenvalue weighted by atomic mass is 35.5. The summed E-state index contributed by atoms with van der Waals surface area (Å²) in [6.07, 6.45) is 3.49.